The van der Waals surface area contributed by atoms with Crippen molar-refractivity contribution in [1.29, 1.82) is 0 Å². The van der Waals surface area contributed by atoms with Gasteiger partial charge >= 0.3 is 0 Å². The molecule has 4 nitrogen and oxygen atoms in total. The minimum absolute atomic E-state index is 0.191. The zero-order chi connectivity index (χ0) is 20.1. The molecule has 0 unspecified atom stereocenters. The van der Waals surface area contributed by atoms with Crippen molar-refractivity contribution >= 4 is 29.1 Å². The highest BCUT2D eigenvalue weighted by Gasteiger charge is 2.39. The minimum Gasteiger partial charge on any atom is -0.494 e. The summed E-state index contributed by atoms with van der Waals surface area (Å²) in [6.45, 7) is 6.94. The molecule has 146 valence electrons. The maximum atomic E-state index is 13.1. The molecule has 0 spiro atoms. The molecular weight excluding hydrogens is 370 g/mol. The third-order valence-corrected chi connectivity index (χ3v) is 5.49. The number of rotatable bonds is 8. The molecule has 2 aromatic carbocycles. The van der Waals surface area contributed by atoms with Gasteiger partial charge in [0.05, 0.1) is 17.1 Å². The van der Waals surface area contributed by atoms with Gasteiger partial charge in [-0.1, -0.05) is 56.3 Å². The van der Waals surface area contributed by atoms with E-state index in [1.165, 1.54) is 16.7 Å². The van der Waals surface area contributed by atoms with Crippen molar-refractivity contribution in [3.05, 3.63) is 70.6 Å². The Morgan fingerprint density at radius 3 is 2.25 bits per heavy atom. The Labute approximate surface area is 170 Å². The van der Waals surface area contributed by atoms with Crippen molar-refractivity contribution in [3.63, 3.8) is 0 Å². The van der Waals surface area contributed by atoms with E-state index < -0.39 is 0 Å². The van der Waals surface area contributed by atoms with Crippen molar-refractivity contribution in [2.45, 2.75) is 32.4 Å². The summed E-state index contributed by atoms with van der Waals surface area (Å²) in [6.07, 6.45) is 0.647. The molecule has 0 saturated carbocycles. The number of imide groups is 1. The molecule has 0 fully saturated rings. The van der Waals surface area contributed by atoms with Crippen LogP contribution < -0.4 is 4.74 Å². The number of benzene rings is 2. The van der Waals surface area contributed by atoms with E-state index in [9.17, 15) is 9.59 Å². The van der Waals surface area contributed by atoms with Crippen LogP contribution in [0, 0.1) is 0 Å². The fraction of sp³-hybridized carbons (Fsp3) is 0.304. The van der Waals surface area contributed by atoms with Gasteiger partial charge in [-0.25, -0.2) is 0 Å². The maximum absolute atomic E-state index is 13.1. The predicted molar refractivity (Wildman–Crippen MR) is 114 cm³/mol. The summed E-state index contributed by atoms with van der Waals surface area (Å²) in [6, 6.07) is 17.3. The number of hydrogen-bond acceptors (Lipinski definition) is 4. The lowest BCUT2D eigenvalue weighted by atomic mass is 10.1. The molecule has 3 rings (SSSR count). The molecule has 2 aromatic rings. The molecule has 0 aliphatic carbocycles. The molecular formula is C23H25NO3S. The van der Waals surface area contributed by atoms with Crippen LogP contribution in [0.4, 0.5) is 0 Å². The highest BCUT2D eigenvalue weighted by Crippen LogP contribution is 2.38. The quantitative estimate of drug-likeness (QED) is 0.615. The third-order valence-electron chi connectivity index (χ3n) is 4.40. The molecule has 1 aliphatic rings. The van der Waals surface area contributed by atoms with Crippen LogP contribution in [-0.4, -0.2) is 35.1 Å². The molecule has 0 bridgehead atoms. The first kappa shape index (κ1) is 20.2. The summed E-state index contributed by atoms with van der Waals surface area (Å²) in [5.41, 5.74) is 2.36. The van der Waals surface area contributed by atoms with E-state index >= 15 is 0 Å². The van der Waals surface area contributed by atoms with Crippen molar-refractivity contribution in [2.24, 2.45) is 0 Å². The molecule has 0 radical (unpaired) electrons. The fourth-order valence-electron chi connectivity index (χ4n) is 3.13. The normalized spacial score (nSPS) is 14.4. The zero-order valence-electron chi connectivity index (χ0n) is 16.5. The average molecular weight is 396 g/mol. The number of thioether (sulfide) groups is 1. The van der Waals surface area contributed by atoms with Crippen LogP contribution in [0.3, 0.4) is 0 Å². The smallest absolute Gasteiger partial charge is 0.268 e. The number of carbonyl (C=O) groups excluding carboxylic acids is 2. The van der Waals surface area contributed by atoms with Gasteiger partial charge in [0.1, 0.15) is 5.75 Å². The topological polar surface area (TPSA) is 46.6 Å². The monoisotopic (exact) mass is 395 g/mol. The van der Waals surface area contributed by atoms with Gasteiger partial charge in [-0.15, -0.1) is 11.8 Å². The molecule has 0 saturated heterocycles. The minimum atomic E-state index is -0.215. The van der Waals surface area contributed by atoms with Gasteiger partial charge in [-0.3, -0.25) is 14.5 Å². The van der Waals surface area contributed by atoms with Gasteiger partial charge in [0.15, 0.2) is 0 Å². The number of carbonyl (C=O) groups is 2. The van der Waals surface area contributed by atoms with Crippen LogP contribution in [-0.2, 0) is 16.0 Å². The lowest BCUT2D eigenvalue weighted by molar-refractivity contribution is -0.136. The Hall–Kier alpha value is -2.53. The van der Waals surface area contributed by atoms with E-state index in [0.29, 0.717) is 30.1 Å². The number of hydrogen-bond donors (Lipinski definition) is 0. The van der Waals surface area contributed by atoms with Gasteiger partial charge < -0.3 is 4.74 Å². The average Bonchev–Trinajstić information content (AvgIpc) is 2.91. The first-order valence-corrected chi connectivity index (χ1v) is 10.4. The molecule has 2 amide bonds. The molecule has 28 heavy (non-hydrogen) atoms. The van der Waals surface area contributed by atoms with E-state index in [1.807, 2.05) is 75.4 Å². The second-order valence-electron chi connectivity index (χ2n) is 6.83. The van der Waals surface area contributed by atoms with Crippen molar-refractivity contribution < 1.29 is 14.3 Å². The second-order valence-corrected chi connectivity index (χ2v) is 8.41. The standard InChI is InChI=1S/C23H25NO3S/c1-4-27-19-12-10-18(11-13-19)20-21(28-16(2)3)23(26)24(22(20)25)15-14-17-8-6-5-7-9-17/h5-13,16H,4,14-15H2,1-3H3. The van der Waals surface area contributed by atoms with Crippen molar-refractivity contribution in [2.75, 3.05) is 13.2 Å². The Morgan fingerprint density at radius 1 is 0.964 bits per heavy atom. The maximum Gasteiger partial charge on any atom is 0.268 e. The second kappa shape index (κ2) is 9.11. The SMILES string of the molecule is CCOc1ccc(C2=C(SC(C)C)C(=O)N(CCc3ccccc3)C2=O)cc1. The van der Waals surface area contributed by atoms with Crippen LogP contribution in [0.1, 0.15) is 31.9 Å². The summed E-state index contributed by atoms with van der Waals surface area (Å²) < 4.78 is 5.49. The largest absolute Gasteiger partial charge is 0.494 e. The lowest BCUT2D eigenvalue weighted by Crippen LogP contribution is -2.33. The Bertz CT molecular complexity index is 872. The molecule has 1 aliphatic heterocycles. The van der Waals surface area contributed by atoms with Crippen LogP contribution in [0.2, 0.25) is 0 Å². The lowest BCUT2D eigenvalue weighted by Gasteiger charge is -2.15. The Morgan fingerprint density at radius 2 is 1.64 bits per heavy atom. The van der Waals surface area contributed by atoms with E-state index in [-0.39, 0.29) is 17.1 Å². The van der Waals surface area contributed by atoms with E-state index in [1.54, 1.807) is 0 Å². The number of amides is 2. The van der Waals surface area contributed by atoms with E-state index in [4.69, 9.17) is 4.74 Å². The number of nitrogens with zero attached hydrogens (tertiary/aromatic N) is 1. The van der Waals surface area contributed by atoms with Crippen LogP contribution in [0.15, 0.2) is 59.5 Å². The van der Waals surface area contributed by atoms with Gasteiger partial charge in [0, 0.05) is 11.8 Å². The summed E-state index contributed by atoms with van der Waals surface area (Å²) >= 11 is 1.45. The van der Waals surface area contributed by atoms with Gasteiger partial charge in [0.2, 0.25) is 0 Å². The van der Waals surface area contributed by atoms with Crippen LogP contribution in [0.5, 0.6) is 5.75 Å². The number of ether oxygens (including phenoxy) is 1. The van der Waals surface area contributed by atoms with Crippen molar-refractivity contribution in [1.82, 2.24) is 4.90 Å². The summed E-state index contributed by atoms with van der Waals surface area (Å²) in [7, 11) is 0. The van der Waals surface area contributed by atoms with E-state index in [0.717, 1.165) is 16.9 Å². The van der Waals surface area contributed by atoms with Gasteiger partial charge in [-0.05, 0) is 36.6 Å². The highest BCUT2D eigenvalue weighted by atomic mass is 32.2. The third kappa shape index (κ3) is 4.47. The highest BCUT2D eigenvalue weighted by molar-refractivity contribution is 8.04. The predicted octanol–water partition coefficient (Wildman–Crippen LogP) is 4.55. The molecule has 0 atom stereocenters. The zero-order valence-corrected chi connectivity index (χ0v) is 17.3. The van der Waals surface area contributed by atoms with Crippen LogP contribution in [0.25, 0.3) is 5.57 Å². The van der Waals surface area contributed by atoms with Gasteiger partial charge in [-0.2, -0.15) is 0 Å². The fourth-order valence-corrected chi connectivity index (χ4v) is 4.13. The van der Waals surface area contributed by atoms with E-state index in [2.05, 4.69) is 0 Å². The Balaban J connectivity index is 1.87. The molecule has 0 aromatic heterocycles. The first-order valence-electron chi connectivity index (χ1n) is 9.55. The molecule has 1 heterocycles. The van der Waals surface area contributed by atoms with Gasteiger partial charge in [0.25, 0.3) is 11.8 Å². The van der Waals surface area contributed by atoms with Crippen LogP contribution >= 0.6 is 11.8 Å². The molecule has 0 N–H and O–H groups in total. The molecule has 5 heteroatoms. The Kier molecular flexibility index (Phi) is 6.57. The first-order chi connectivity index (χ1) is 13.5. The summed E-state index contributed by atoms with van der Waals surface area (Å²) in [5, 5.41) is 0.207. The summed E-state index contributed by atoms with van der Waals surface area (Å²) in [5.74, 6) is 0.347. The summed E-state index contributed by atoms with van der Waals surface area (Å²) in [4.78, 5) is 28.1. The van der Waals surface area contributed by atoms with Crippen molar-refractivity contribution in [3.8, 4) is 5.75 Å².